The molecule has 0 aliphatic carbocycles. The van der Waals surface area contributed by atoms with Gasteiger partial charge in [-0.3, -0.25) is 9.48 Å². The molecule has 0 amide bonds. The Morgan fingerprint density at radius 3 is 2.17 bits per heavy atom. The summed E-state index contributed by atoms with van der Waals surface area (Å²) in [6.07, 6.45) is 2.97. The van der Waals surface area contributed by atoms with Crippen LogP contribution in [0.25, 0.3) is 0 Å². The van der Waals surface area contributed by atoms with E-state index in [0.717, 1.165) is 12.2 Å². The van der Waals surface area contributed by atoms with Crippen molar-refractivity contribution in [2.75, 3.05) is 28.3 Å². The summed E-state index contributed by atoms with van der Waals surface area (Å²) in [5.74, 6) is -1.22. The Hall–Kier alpha value is -2.64. The minimum Gasteiger partial charge on any atom is -0.465 e. The Bertz CT molecular complexity index is 617. The number of aromatic nitrogens is 2. The molecule has 0 aromatic carbocycles. The molecule has 1 aromatic heterocycles. The zero-order chi connectivity index (χ0) is 18.9. The van der Waals surface area contributed by atoms with Gasteiger partial charge in [0.15, 0.2) is 5.78 Å². The summed E-state index contributed by atoms with van der Waals surface area (Å²) in [6, 6.07) is 0. The van der Waals surface area contributed by atoms with Crippen molar-refractivity contribution in [3.8, 4) is 0 Å². The number of ether oxygens (including phenoxy) is 2. The van der Waals surface area contributed by atoms with Crippen LogP contribution in [-0.4, -0.2) is 60.7 Å². The van der Waals surface area contributed by atoms with Crippen LogP contribution < -0.4 is 0 Å². The predicted octanol–water partition coefficient (Wildman–Crippen LogP) is 1.19. The van der Waals surface area contributed by atoms with Crippen LogP contribution in [0.5, 0.6) is 0 Å². The van der Waals surface area contributed by atoms with E-state index in [4.69, 9.17) is 0 Å². The fourth-order valence-corrected chi connectivity index (χ4v) is 1.73. The van der Waals surface area contributed by atoms with E-state index in [1.54, 1.807) is 23.7 Å². The van der Waals surface area contributed by atoms with E-state index in [1.807, 2.05) is 13.8 Å². The topological polar surface area (TPSA) is 90.7 Å². The molecular weight excluding hydrogens is 314 g/mol. The zero-order valence-corrected chi connectivity index (χ0v) is 15.2. The fourth-order valence-electron chi connectivity index (χ4n) is 1.73. The Labute approximate surface area is 142 Å². The minimum atomic E-state index is -0.601. The molecule has 8 heteroatoms. The molecule has 0 spiro atoms. The number of hydrogen-bond acceptors (Lipinski definition) is 7. The van der Waals surface area contributed by atoms with Crippen LogP contribution in [0, 0.1) is 6.92 Å². The maximum atomic E-state index is 11.1. The molecule has 0 saturated carbocycles. The zero-order valence-electron chi connectivity index (χ0n) is 15.2. The van der Waals surface area contributed by atoms with Crippen molar-refractivity contribution in [3.05, 3.63) is 29.2 Å². The molecule has 0 aliphatic rings. The Balaban J connectivity index is 0.000000441. The number of Topliss-reactive ketones (excluding diaryl/α,β-unsaturated/α-hetero) is 1. The first-order valence-electron chi connectivity index (χ1n) is 7.27. The van der Waals surface area contributed by atoms with E-state index in [-0.39, 0.29) is 17.3 Å². The van der Waals surface area contributed by atoms with Crippen LogP contribution in [-0.2, 0) is 25.6 Å². The molecule has 1 aromatic rings. The number of methoxy groups -OCH3 is 2. The number of ketones is 1. The lowest BCUT2D eigenvalue weighted by molar-refractivity contribution is -0.137. The first kappa shape index (κ1) is 21.4. The van der Waals surface area contributed by atoms with Crippen molar-refractivity contribution >= 4 is 17.7 Å². The van der Waals surface area contributed by atoms with Crippen LogP contribution in [0.4, 0.5) is 0 Å². The van der Waals surface area contributed by atoms with Crippen LogP contribution in [0.1, 0.15) is 29.9 Å². The van der Waals surface area contributed by atoms with E-state index in [1.165, 1.54) is 33.5 Å². The Morgan fingerprint density at radius 1 is 1.25 bits per heavy atom. The van der Waals surface area contributed by atoms with Crippen molar-refractivity contribution in [2.24, 2.45) is 0 Å². The van der Waals surface area contributed by atoms with Crippen LogP contribution in [0.3, 0.4) is 0 Å². The molecule has 134 valence electrons. The van der Waals surface area contributed by atoms with E-state index < -0.39 is 5.97 Å². The van der Waals surface area contributed by atoms with Gasteiger partial charge in [-0.1, -0.05) is 0 Å². The third-order valence-corrected chi connectivity index (χ3v) is 2.98. The second-order valence-electron chi connectivity index (χ2n) is 5.01. The molecular formula is C16H25N3O5. The van der Waals surface area contributed by atoms with Crippen LogP contribution in [0.15, 0.2) is 18.0 Å². The fraction of sp³-hybridized carbons (Fsp3) is 0.500. The summed E-state index contributed by atoms with van der Waals surface area (Å²) in [7, 11) is 6.07. The van der Waals surface area contributed by atoms with E-state index in [2.05, 4.69) is 14.6 Å². The number of carbonyl (C=O) groups is 3. The Morgan fingerprint density at radius 2 is 1.83 bits per heavy atom. The molecule has 8 nitrogen and oxygen atoms in total. The minimum absolute atomic E-state index is 0.0579. The highest BCUT2D eigenvalue weighted by Gasteiger charge is 2.14. The van der Waals surface area contributed by atoms with Gasteiger partial charge in [0.25, 0.3) is 0 Å². The Kier molecular flexibility index (Phi) is 9.07. The maximum absolute atomic E-state index is 11.1. The summed E-state index contributed by atoms with van der Waals surface area (Å²) in [5.41, 5.74) is 1.45. The van der Waals surface area contributed by atoms with Gasteiger partial charge in [0.1, 0.15) is 11.1 Å². The predicted molar refractivity (Wildman–Crippen MR) is 88.4 cm³/mol. The first-order valence-corrected chi connectivity index (χ1v) is 7.27. The molecule has 0 radical (unpaired) electrons. The molecule has 0 saturated heterocycles. The van der Waals surface area contributed by atoms with Gasteiger partial charge in [-0.15, -0.1) is 0 Å². The smallest absolute Gasteiger partial charge is 0.342 e. The van der Waals surface area contributed by atoms with Gasteiger partial charge in [-0.25, -0.2) is 9.59 Å². The van der Waals surface area contributed by atoms with E-state index in [0.29, 0.717) is 5.56 Å². The highest BCUT2D eigenvalue weighted by atomic mass is 16.5. The molecule has 0 unspecified atom stereocenters. The van der Waals surface area contributed by atoms with Gasteiger partial charge >= 0.3 is 11.9 Å². The molecule has 0 fully saturated rings. The van der Waals surface area contributed by atoms with Gasteiger partial charge in [0.2, 0.25) is 0 Å². The molecule has 0 N–H and O–H groups in total. The normalized spacial score (nSPS) is 10.4. The van der Waals surface area contributed by atoms with Gasteiger partial charge in [-0.05, 0) is 20.8 Å². The van der Waals surface area contributed by atoms with Crippen LogP contribution >= 0.6 is 0 Å². The van der Waals surface area contributed by atoms with Gasteiger partial charge in [0, 0.05) is 32.5 Å². The molecule has 0 atom stereocenters. The lowest BCUT2D eigenvalue weighted by atomic mass is 10.2. The number of nitrogens with zero attached hydrogens (tertiary/aromatic N) is 3. The number of rotatable bonds is 5. The number of aryl methyl sites for hydroxylation is 1. The standard InChI is InChI=1S/C8H12N2O2.C8H13NO3/c1-4-10-6(2)7(5-9-10)8(11)12-3;1-6(10)7(5-9(2)3)8(11)12-4/h5H,4H2,1-3H3;5H,1-4H3. The van der Waals surface area contributed by atoms with Crippen molar-refractivity contribution < 1.29 is 23.9 Å². The number of esters is 2. The lowest BCUT2D eigenvalue weighted by Crippen LogP contribution is -2.15. The second kappa shape index (κ2) is 10.2. The largest absolute Gasteiger partial charge is 0.465 e. The highest BCUT2D eigenvalue weighted by molar-refractivity contribution is 6.16. The van der Waals surface area contributed by atoms with Gasteiger partial charge in [-0.2, -0.15) is 5.10 Å². The summed E-state index contributed by atoms with van der Waals surface area (Å²) in [6.45, 7) is 5.92. The quantitative estimate of drug-likeness (QED) is 0.344. The monoisotopic (exact) mass is 339 g/mol. The summed E-state index contributed by atoms with van der Waals surface area (Å²) < 4.78 is 10.8. The third-order valence-electron chi connectivity index (χ3n) is 2.98. The first-order chi connectivity index (χ1) is 11.2. The molecule has 24 heavy (non-hydrogen) atoms. The maximum Gasteiger partial charge on any atom is 0.342 e. The van der Waals surface area contributed by atoms with Crippen molar-refractivity contribution in [1.82, 2.24) is 14.7 Å². The van der Waals surface area contributed by atoms with Crippen molar-refractivity contribution in [3.63, 3.8) is 0 Å². The van der Waals surface area contributed by atoms with Gasteiger partial charge in [0.05, 0.1) is 20.4 Å². The van der Waals surface area contributed by atoms with Crippen LogP contribution in [0.2, 0.25) is 0 Å². The molecule has 0 bridgehead atoms. The molecule has 0 aliphatic heterocycles. The third kappa shape index (κ3) is 6.23. The molecule has 1 heterocycles. The molecule has 1 rings (SSSR count). The van der Waals surface area contributed by atoms with E-state index in [9.17, 15) is 14.4 Å². The van der Waals surface area contributed by atoms with Gasteiger partial charge < -0.3 is 14.4 Å². The van der Waals surface area contributed by atoms with Crippen molar-refractivity contribution in [2.45, 2.75) is 27.3 Å². The summed E-state index contributed by atoms with van der Waals surface area (Å²) in [5, 5.41) is 4.02. The summed E-state index contributed by atoms with van der Waals surface area (Å²) >= 11 is 0. The highest BCUT2D eigenvalue weighted by Crippen LogP contribution is 2.07. The average molecular weight is 339 g/mol. The second-order valence-corrected chi connectivity index (χ2v) is 5.01. The summed E-state index contributed by atoms with van der Waals surface area (Å²) in [4.78, 5) is 34.5. The lowest BCUT2D eigenvalue weighted by Gasteiger charge is -2.07. The van der Waals surface area contributed by atoms with Crippen molar-refractivity contribution in [1.29, 1.82) is 0 Å². The SMILES string of the molecule is CCn1ncc(C(=O)OC)c1C.COC(=O)C(=CN(C)C)C(C)=O. The average Bonchev–Trinajstić information content (AvgIpc) is 2.92. The van der Waals surface area contributed by atoms with E-state index >= 15 is 0 Å². The number of carbonyl (C=O) groups excluding carboxylic acids is 3. The number of hydrogen-bond donors (Lipinski definition) is 0.